The number of aromatic amines is 1. The van der Waals surface area contributed by atoms with Gasteiger partial charge >= 0.3 is 0 Å². The molecule has 1 aromatic heterocycles. The third-order valence-corrected chi connectivity index (χ3v) is 4.43. The lowest BCUT2D eigenvalue weighted by Crippen LogP contribution is -2.20. The first-order valence-electron chi connectivity index (χ1n) is 7.54. The van der Waals surface area contributed by atoms with Gasteiger partial charge in [0.2, 0.25) is 0 Å². The third kappa shape index (κ3) is 2.99. The summed E-state index contributed by atoms with van der Waals surface area (Å²) in [6.07, 6.45) is 0.629. The van der Waals surface area contributed by atoms with Gasteiger partial charge in [-0.25, -0.2) is 4.39 Å². The van der Waals surface area contributed by atoms with E-state index < -0.39 is 0 Å². The van der Waals surface area contributed by atoms with E-state index in [1.807, 2.05) is 24.3 Å². The Labute approximate surface area is 150 Å². The molecule has 6 heteroatoms. The van der Waals surface area contributed by atoms with Crippen LogP contribution in [0.25, 0.3) is 22.2 Å². The molecule has 0 radical (unpaired) electrons. The molecule has 0 bridgehead atoms. The van der Waals surface area contributed by atoms with Crippen LogP contribution < -0.4 is 5.32 Å². The fourth-order valence-corrected chi connectivity index (χ4v) is 3.26. The number of hydrogen-bond acceptors (Lipinski definition) is 2. The second-order valence-corrected chi connectivity index (χ2v) is 5.99. The Bertz CT molecular complexity index is 918. The highest BCUT2D eigenvalue weighted by Gasteiger charge is 2.18. The Morgan fingerprint density at radius 3 is 2.75 bits per heavy atom. The molecule has 1 aliphatic heterocycles. The zero-order chi connectivity index (χ0) is 15.8. The molecular weight excluding hydrogens is 348 g/mol. The summed E-state index contributed by atoms with van der Waals surface area (Å²) in [5.74, 6) is 0.688. The molecule has 0 unspecified atom stereocenters. The number of amidine groups is 1. The lowest BCUT2D eigenvalue weighted by Gasteiger charge is -2.08. The van der Waals surface area contributed by atoms with Crippen LogP contribution in [0.4, 0.5) is 4.39 Å². The van der Waals surface area contributed by atoms with Crippen LogP contribution in [-0.4, -0.2) is 23.9 Å². The molecule has 2 N–H and O–H groups in total. The van der Waals surface area contributed by atoms with E-state index in [9.17, 15) is 4.39 Å². The Morgan fingerprint density at radius 2 is 2.00 bits per heavy atom. The van der Waals surface area contributed by atoms with Gasteiger partial charge in [-0.2, -0.15) is 0 Å². The first kappa shape index (κ1) is 16.8. The minimum absolute atomic E-state index is 0. The maximum atomic E-state index is 13.7. The van der Waals surface area contributed by atoms with E-state index in [1.165, 1.54) is 6.07 Å². The first-order valence-corrected chi connectivity index (χ1v) is 7.92. The van der Waals surface area contributed by atoms with Crippen molar-refractivity contribution in [2.45, 2.75) is 6.42 Å². The molecule has 0 saturated heterocycles. The van der Waals surface area contributed by atoms with E-state index in [2.05, 4.69) is 15.3 Å². The molecule has 0 saturated carbocycles. The molecule has 0 amide bonds. The minimum Gasteiger partial charge on any atom is -0.372 e. The average molecular weight is 364 g/mol. The molecule has 0 atom stereocenters. The van der Waals surface area contributed by atoms with Crippen LogP contribution in [0.1, 0.15) is 5.56 Å². The number of nitrogens with one attached hydrogen (secondary N) is 2. The molecule has 1 aliphatic rings. The number of aliphatic imine (C=N–C) groups is 1. The lowest BCUT2D eigenvalue weighted by atomic mass is 10.0. The van der Waals surface area contributed by atoms with Crippen LogP contribution >= 0.6 is 24.0 Å². The van der Waals surface area contributed by atoms with E-state index in [-0.39, 0.29) is 18.2 Å². The molecule has 0 spiro atoms. The van der Waals surface area contributed by atoms with E-state index >= 15 is 0 Å². The smallest absolute Gasteiger partial charge is 0.123 e. The third-order valence-electron chi connectivity index (χ3n) is 4.10. The maximum Gasteiger partial charge on any atom is 0.123 e. The van der Waals surface area contributed by atoms with Crippen molar-refractivity contribution in [3.63, 3.8) is 0 Å². The summed E-state index contributed by atoms with van der Waals surface area (Å²) < 4.78 is 13.7. The zero-order valence-corrected chi connectivity index (χ0v) is 14.3. The molecule has 0 fully saturated rings. The van der Waals surface area contributed by atoms with Crippen molar-refractivity contribution in [2.75, 3.05) is 13.1 Å². The highest BCUT2D eigenvalue weighted by molar-refractivity contribution is 6.33. The number of benzene rings is 2. The molecule has 124 valence electrons. The number of H-pyrrole nitrogens is 1. The Hall–Kier alpha value is -2.04. The second kappa shape index (κ2) is 6.83. The summed E-state index contributed by atoms with van der Waals surface area (Å²) in [6, 6.07) is 12.5. The van der Waals surface area contributed by atoms with E-state index in [0.717, 1.165) is 46.6 Å². The van der Waals surface area contributed by atoms with Gasteiger partial charge in [0, 0.05) is 34.5 Å². The van der Waals surface area contributed by atoms with Crippen molar-refractivity contribution in [1.29, 1.82) is 0 Å². The molecule has 2 heterocycles. The summed E-state index contributed by atoms with van der Waals surface area (Å²) >= 11 is 6.37. The number of halogens is 3. The van der Waals surface area contributed by atoms with Crippen LogP contribution in [-0.2, 0) is 6.42 Å². The quantitative estimate of drug-likeness (QED) is 0.701. The first-order chi connectivity index (χ1) is 11.2. The predicted octanol–water partition coefficient (Wildman–Crippen LogP) is 4.59. The molecule has 2 aromatic carbocycles. The predicted molar refractivity (Wildman–Crippen MR) is 100.0 cm³/mol. The molecule has 4 rings (SSSR count). The van der Waals surface area contributed by atoms with Crippen molar-refractivity contribution in [3.05, 3.63) is 58.9 Å². The molecule has 3 aromatic rings. The van der Waals surface area contributed by atoms with Crippen molar-refractivity contribution >= 4 is 40.7 Å². The van der Waals surface area contributed by atoms with E-state index in [0.29, 0.717) is 11.4 Å². The SMILES string of the molecule is Cl.Fc1ccc2[nH]c(-c3ccccc3Cl)c(CC3=NCCN3)c2c1. The standard InChI is InChI=1S/C18H15ClFN3.ClH/c19-15-4-2-1-3-12(15)18-14(10-17-21-7-8-22-17)13-9-11(20)5-6-16(13)23-18;/h1-6,9,23H,7-8,10H2,(H,21,22);1H. The highest BCUT2D eigenvalue weighted by atomic mass is 35.5. The van der Waals surface area contributed by atoms with Crippen molar-refractivity contribution in [3.8, 4) is 11.3 Å². The average Bonchev–Trinajstić information content (AvgIpc) is 3.17. The second-order valence-electron chi connectivity index (χ2n) is 5.58. The van der Waals surface area contributed by atoms with Gasteiger partial charge in [0.25, 0.3) is 0 Å². The largest absolute Gasteiger partial charge is 0.372 e. The number of rotatable bonds is 3. The molecule has 24 heavy (non-hydrogen) atoms. The fraction of sp³-hybridized carbons (Fsp3) is 0.167. The van der Waals surface area contributed by atoms with Crippen molar-refractivity contribution in [2.24, 2.45) is 4.99 Å². The summed E-state index contributed by atoms with van der Waals surface area (Å²) in [5.41, 5.74) is 3.75. The number of nitrogens with zero attached hydrogens (tertiary/aromatic N) is 1. The van der Waals surface area contributed by atoms with Crippen molar-refractivity contribution in [1.82, 2.24) is 10.3 Å². The van der Waals surface area contributed by atoms with Gasteiger partial charge in [0.05, 0.1) is 12.2 Å². The molecular formula is C18H16Cl2FN3. The Balaban J connectivity index is 0.00000169. The molecule has 3 nitrogen and oxygen atoms in total. The fourth-order valence-electron chi connectivity index (χ4n) is 3.03. The zero-order valence-electron chi connectivity index (χ0n) is 12.8. The van der Waals surface area contributed by atoms with Gasteiger partial charge in [-0.15, -0.1) is 12.4 Å². The van der Waals surface area contributed by atoms with Crippen LogP contribution in [0.15, 0.2) is 47.5 Å². The lowest BCUT2D eigenvalue weighted by molar-refractivity contribution is 0.629. The van der Waals surface area contributed by atoms with Crippen LogP contribution in [0.5, 0.6) is 0 Å². The summed E-state index contributed by atoms with van der Waals surface area (Å²) in [5, 5.41) is 4.82. The minimum atomic E-state index is -0.246. The Morgan fingerprint density at radius 1 is 1.17 bits per heavy atom. The van der Waals surface area contributed by atoms with E-state index in [4.69, 9.17) is 11.6 Å². The van der Waals surface area contributed by atoms with Gasteiger partial charge in [-0.1, -0.05) is 29.8 Å². The number of fused-ring (bicyclic) bond motifs is 1. The normalized spacial score (nSPS) is 13.5. The van der Waals surface area contributed by atoms with Crippen molar-refractivity contribution < 1.29 is 4.39 Å². The van der Waals surface area contributed by atoms with E-state index in [1.54, 1.807) is 12.1 Å². The van der Waals surface area contributed by atoms with Gasteiger partial charge in [0.1, 0.15) is 11.7 Å². The van der Waals surface area contributed by atoms with Crippen LogP contribution in [0.3, 0.4) is 0 Å². The van der Waals surface area contributed by atoms with Gasteiger partial charge < -0.3 is 10.3 Å². The van der Waals surface area contributed by atoms with Gasteiger partial charge in [-0.3, -0.25) is 4.99 Å². The summed E-state index contributed by atoms with van der Waals surface area (Å²) in [7, 11) is 0. The maximum absolute atomic E-state index is 13.7. The summed E-state index contributed by atoms with van der Waals surface area (Å²) in [4.78, 5) is 7.85. The molecule has 0 aliphatic carbocycles. The number of aromatic nitrogens is 1. The topological polar surface area (TPSA) is 40.2 Å². The van der Waals surface area contributed by atoms with Crippen LogP contribution in [0, 0.1) is 5.82 Å². The van der Waals surface area contributed by atoms with Gasteiger partial charge in [0.15, 0.2) is 0 Å². The monoisotopic (exact) mass is 363 g/mol. The van der Waals surface area contributed by atoms with Gasteiger partial charge in [-0.05, 0) is 29.8 Å². The highest BCUT2D eigenvalue weighted by Crippen LogP contribution is 2.35. The summed E-state index contributed by atoms with van der Waals surface area (Å²) in [6.45, 7) is 1.64. The number of hydrogen-bond donors (Lipinski definition) is 2. The van der Waals surface area contributed by atoms with Crippen LogP contribution in [0.2, 0.25) is 5.02 Å². The Kier molecular flexibility index (Phi) is 4.78.